The number of thioether (sulfide) groups is 1. The Kier molecular flexibility index (Phi) is 29.0. The molecule has 5 N–H and O–H groups in total. The molecule has 0 saturated carbocycles. The fourth-order valence-corrected chi connectivity index (χ4v) is 10.9. The number of nitrogens with one attached hydrogen (secondary N) is 1. The SMILES string of the molecule is COc1cc(C(C)(C)c2c[nH]c(=S)n2-c2ccc(F)cc2)ccc1Cl.COc1cc(C(C)(C)c2cnc(SCc3c(F)cc(S(N)(=O)=O)cc3F)n2-c2ccc(F)cc2)ccc1Cl.NS(=O)(=O)c1cc(F)c(CBr)c(F)c1.O=CO[O-].[H-].[K+].[K+]. The normalized spacial score (nSPS) is 11.3. The van der Waals surface area contributed by atoms with E-state index in [0.717, 1.165) is 34.3 Å². The third kappa shape index (κ3) is 19.0. The van der Waals surface area contributed by atoms with Crippen molar-refractivity contribution in [2.75, 3.05) is 14.2 Å². The number of aromatic amines is 1. The molecule has 434 valence electrons. The number of sulfonamides is 2. The summed E-state index contributed by atoms with van der Waals surface area (Å²) in [5.74, 6) is -3.76. The van der Waals surface area contributed by atoms with Gasteiger partial charge in [-0.05, 0) is 120 Å². The van der Waals surface area contributed by atoms with Crippen LogP contribution in [-0.4, -0.2) is 56.6 Å². The van der Waals surface area contributed by atoms with E-state index in [-0.39, 0.29) is 144 Å². The van der Waals surface area contributed by atoms with Crippen LogP contribution in [-0.2, 0) is 51.6 Å². The molecule has 0 spiro atoms. The summed E-state index contributed by atoms with van der Waals surface area (Å²) in [6.07, 6.45) is 3.52. The molecule has 0 fully saturated rings. The van der Waals surface area contributed by atoms with Crippen LogP contribution >= 0.6 is 63.1 Å². The monoisotopic (exact) mass is 1380 g/mol. The topological polar surface area (TPSA) is 227 Å². The minimum Gasteiger partial charge on any atom is -1.00 e. The Hall–Kier alpha value is -2.93. The molecule has 0 aliphatic carbocycles. The predicted molar refractivity (Wildman–Crippen MR) is 301 cm³/mol. The zero-order valence-electron chi connectivity index (χ0n) is 46.2. The molecule has 0 atom stereocenters. The molecule has 8 rings (SSSR count). The summed E-state index contributed by atoms with van der Waals surface area (Å²) in [6.45, 7) is 7.93. The zero-order chi connectivity index (χ0) is 60.4. The molecule has 0 bridgehead atoms. The Bertz CT molecular complexity index is 3810. The number of carbonyl (C=O) groups excluding carboxylic acids is 1. The second kappa shape index (κ2) is 32.3. The molecule has 0 saturated heterocycles. The molecular formula is C53H49BrCl2F6K2N6O9S4. The number of benzene rings is 6. The van der Waals surface area contributed by atoms with Gasteiger partial charge in [-0.1, -0.05) is 90.7 Å². The van der Waals surface area contributed by atoms with Crippen LogP contribution in [0.1, 0.15) is 62.8 Å². The number of alkyl halides is 1. The Morgan fingerprint density at radius 2 is 1.07 bits per heavy atom. The van der Waals surface area contributed by atoms with E-state index in [1.165, 1.54) is 31.4 Å². The van der Waals surface area contributed by atoms with Crippen LogP contribution in [0.5, 0.6) is 11.5 Å². The van der Waals surface area contributed by atoms with Crippen LogP contribution < -0.4 is 128 Å². The van der Waals surface area contributed by atoms with Gasteiger partial charge in [0.25, 0.3) is 6.47 Å². The van der Waals surface area contributed by atoms with E-state index in [1.807, 2.05) is 54.9 Å². The second-order valence-corrected chi connectivity index (χ2v) is 23.7. The van der Waals surface area contributed by atoms with Crippen molar-refractivity contribution in [2.24, 2.45) is 10.3 Å². The molecule has 83 heavy (non-hydrogen) atoms. The maximum atomic E-state index is 14.7. The number of H-pyrrole nitrogens is 1. The van der Waals surface area contributed by atoms with Gasteiger partial charge >= 0.3 is 103 Å². The van der Waals surface area contributed by atoms with Gasteiger partial charge in [-0.25, -0.2) is 58.4 Å². The van der Waals surface area contributed by atoms with Gasteiger partial charge in [0.05, 0.1) is 51.6 Å². The summed E-state index contributed by atoms with van der Waals surface area (Å²) in [5.41, 5.74) is 3.32. The molecule has 6 aromatic carbocycles. The first-order chi connectivity index (χ1) is 37.9. The van der Waals surface area contributed by atoms with Gasteiger partial charge in [0.1, 0.15) is 46.4 Å². The minimum atomic E-state index is -4.28. The van der Waals surface area contributed by atoms with Crippen molar-refractivity contribution in [3.05, 3.63) is 205 Å². The van der Waals surface area contributed by atoms with E-state index >= 15 is 0 Å². The minimum absolute atomic E-state index is 0. The molecule has 30 heteroatoms. The Morgan fingerprint density at radius 3 is 1.45 bits per heavy atom. The number of ether oxygens (including phenoxy) is 2. The molecule has 2 aromatic heterocycles. The number of primary sulfonamides is 2. The Balaban J connectivity index is 0.000000449. The molecule has 0 amide bonds. The Morgan fingerprint density at radius 1 is 0.687 bits per heavy atom. The van der Waals surface area contributed by atoms with Gasteiger partial charge in [-0.15, -0.1) is 0 Å². The smallest absolute Gasteiger partial charge is 1.00 e. The summed E-state index contributed by atoms with van der Waals surface area (Å²) in [6, 6.07) is 25.9. The molecule has 0 unspecified atom stereocenters. The molecule has 8 aromatic rings. The molecular weight excluding hydrogens is 1340 g/mol. The maximum absolute atomic E-state index is 14.7. The second-order valence-electron chi connectivity index (χ2n) is 17.9. The number of carbonyl (C=O) groups is 1. The van der Waals surface area contributed by atoms with Crippen molar-refractivity contribution in [1.82, 2.24) is 19.1 Å². The number of nitrogens with two attached hydrogens (primary N) is 2. The summed E-state index contributed by atoms with van der Waals surface area (Å²) in [7, 11) is -5.24. The van der Waals surface area contributed by atoms with Crippen LogP contribution in [0.3, 0.4) is 0 Å². The molecule has 15 nitrogen and oxygen atoms in total. The van der Waals surface area contributed by atoms with Crippen molar-refractivity contribution in [3.8, 4) is 22.9 Å². The first-order valence-electron chi connectivity index (χ1n) is 23.0. The number of aromatic nitrogens is 4. The maximum Gasteiger partial charge on any atom is 1.00 e. The van der Waals surface area contributed by atoms with E-state index in [1.54, 1.807) is 48.2 Å². The average molecular weight is 1390 g/mol. The summed E-state index contributed by atoms with van der Waals surface area (Å²) >= 11 is 21.7. The molecule has 0 aliphatic heterocycles. The largest absolute Gasteiger partial charge is 1.00 e. The van der Waals surface area contributed by atoms with Crippen molar-refractivity contribution >= 4 is 89.6 Å². The summed E-state index contributed by atoms with van der Waals surface area (Å²) in [5, 5.41) is 19.5. The van der Waals surface area contributed by atoms with Crippen molar-refractivity contribution < 1.29 is 172 Å². The zero-order valence-corrected chi connectivity index (χ0v) is 57.9. The van der Waals surface area contributed by atoms with E-state index in [9.17, 15) is 43.2 Å². The van der Waals surface area contributed by atoms with Crippen molar-refractivity contribution in [3.63, 3.8) is 0 Å². The van der Waals surface area contributed by atoms with E-state index in [2.05, 4.69) is 44.6 Å². The van der Waals surface area contributed by atoms with Gasteiger partial charge in [0.2, 0.25) is 20.0 Å². The number of imidazole rings is 2. The number of methoxy groups -OCH3 is 2. The number of halogens is 9. The number of hydrogen-bond donors (Lipinski definition) is 3. The van der Waals surface area contributed by atoms with Crippen molar-refractivity contribution in [2.45, 2.75) is 64.6 Å². The molecule has 0 aliphatic rings. The molecule has 2 heterocycles. The van der Waals surface area contributed by atoms with Gasteiger partial charge in [-0.2, -0.15) is 0 Å². The number of nitrogens with zero attached hydrogens (tertiary/aromatic N) is 3. The van der Waals surface area contributed by atoms with E-state index in [0.29, 0.717) is 67.1 Å². The number of hydrogen-bond acceptors (Lipinski definition) is 12. The predicted octanol–water partition coefficient (Wildman–Crippen LogP) is 5.94. The third-order valence-electron chi connectivity index (χ3n) is 12.1. The standard InChI is InChI=1S/C26H23ClF3N3O3S2.C19H18ClFN2OS.C7H6BrF2NO2S.CH2O3.2K.H/c1-26(2,15-4-9-20(27)23(10-15)36-3)24-13-32-25(33(24)17-7-5-16(28)6-8-17)37-14-19-21(29)11-18(12-22(19)30)38(31,34)35;1-19(2,12-4-9-15(20)16(10-12)24-3)17-11-22-18(25)23(17)14-7-5-13(21)6-8-14;8-3-5-6(9)1-4(2-7(5)10)14(11,12)13;2-1-4-3;;;/h4-13H,14H2,1-3H3,(H2,31,34,35);4-11H,1-3H3,(H,22,25);1-2H,3H2,(H2,11,12,13);1,3H;;;/q;;;;2*+1;-1/p-1. The van der Waals surface area contributed by atoms with Gasteiger partial charge < -0.3 is 26.0 Å². The summed E-state index contributed by atoms with van der Waals surface area (Å²) in [4.78, 5) is 17.6. The first kappa shape index (κ1) is 74.3. The number of rotatable bonds is 15. The van der Waals surface area contributed by atoms with Crippen LogP contribution in [0.25, 0.3) is 11.4 Å². The van der Waals surface area contributed by atoms with E-state index < -0.39 is 64.3 Å². The van der Waals surface area contributed by atoms with Crippen LogP contribution in [0.2, 0.25) is 10.0 Å². The van der Waals surface area contributed by atoms with Crippen LogP contribution in [0.15, 0.2) is 137 Å². The fourth-order valence-electron chi connectivity index (χ4n) is 7.68. The Labute approximate surface area is 589 Å². The van der Waals surface area contributed by atoms with Gasteiger partial charge in [-0.3, -0.25) is 13.9 Å². The summed E-state index contributed by atoms with van der Waals surface area (Å²) < 4.78 is 142. The van der Waals surface area contributed by atoms with Crippen LogP contribution in [0, 0.1) is 39.7 Å². The first-order valence-corrected chi connectivity index (χ1v) is 29.3. The average Bonchev–Trinajstić information content (AvgIpc) is 3.22. The molecule has 0 radical (unpaired) electrons. The fraction of sp³-hybridized carbons (Fsp3) is 0.189. The van der Waals surface area contributed by atoms with Gasteiger partial charge in [0, 0.05) is 50.6 Å². The quantitative estimate of drug-likeness (QED) is 0.0159. The van der Waals surface area contributed by atoms with Gasteiger partial charge in [0.15, 0.2) is 9.93 Å². The van der Waals surface area contributed by atoms with E-state index in [4.69, 9.17) is 65.2 Å². The third-order valence-corrected chi connectivity index (χ3v) is 16.4. The van der Waals surface area contributed by atoms with Crippen LogP contribution in [0.4, 0.5) is 26.3 Å². The van der Waals surface area contributed by atoms with Crippen molar-refractivity contribution in [1.29, 1.82) is 0 Å².